The highest BCUT2D eigenvalue weighted by Gasteiger charge is 2.51. The largest absolute Gasteiger partial charge is 0.357 e. The Kier molecular flexibility index (Phi) is 5.20. The molecule has 14 heavy (non-hydrogen) atoms. The van der Waals surface area contributed by atoms with Crippen molar-refractivity contribution in [3.8, 4) is 0 Å². The Morgan fingerprint density at radius 3 is 1.79 bits per heavy atom. The van der Waals surface area contributed by atoms with E-state index in [-0.39, 0.29) is 5.54 Å². The van der Waals surface area contributed by atoms with Crippen LogP contribution in [0.5, 0.6) is 0 Å². The highest BCUT2D eigenvalue weighted by Crippen LogP contribution is 2.32. The zero-order valence-electron chi connectivity index (χ0n) is 9.66. The van der Waals surface area contributed by atoms with Gasteiger partial charge in [-0.15, -0.1) is 0 Å². The molecule has 0 aliphatic rings. The molecule has 0 radical (unpaired) electrons. The van der Waals surface area contributed by atoms with E-state index >= 15 is 0 Å². The molecule has 0 bridgehead atoms. The van der Waals surface area contributed by atoms with Crippen LogP contribution in [-0.2, 0) is 14.2 Å². The van der Waals surface area contributed by atoms with Crippen molar-refractivity contribution < 1.29 is 14.2 Å². The summed E-state index contributed by atoms with van der Waals surface area (Å²) in [5, 5.41) is 0. The molecule has 5 nitrogen and oxygen atoms in total. The van der Waals surface area contributed by atoms with Crippen molar-refractivity contribution in [2.45, 2.75) is 30.5 Å². The Bertz CT molecular complexity index is 178. The van der Waals surface area contributed by atoms with Crippen LogP contribution in [0.25, 0.3) is 0 Å². The quantitative estimate of drug-likeness (QED) is 0.434. The highest BCUT2D eigenvalue weighted by molar-refractivity contribution is 6.12. The number of hydrogen-bond donors (Lipinski definition) is 2. The summed E-state index contributed by atoms with van der Waals surface area (Å²) < 4.78 is 15.5. The number of rotatable bonds is 6. The molecule has 0 aromatic heterocycles. The van der Waals surface area contributed by atoms with E-state index < -0.39 is 11.6 Å². The van der Waals surface area contributed by atoms with Crippen molar-refractivity contribution in [3.63, 3.8) is 0 Å². The lowest BCUT2D eigenvalue weighted by molar-refractivity contribution is -0.306. The third-order valence-electron chi connectivity index (χ3n) is 2.83. The van der Waals surface area contributed by atoms with Gasteiger partial charge in [0.2, 0.25) is 0 Å². The second kappa shape index (κ2) is 5.20. The first-order valence-corrected chi connectivity index (χ1v) is 5.80. The van der Waals surface area contributed by atoms with Gasteiger partial charge in [-0.25, -0.2) is 0 Å². The van der Waals surface area contributed by atoms with Crippen LogP contribution in [0.4, 0.5) is 0 Å². The van der Waals surface area contributed by atoms with Crippen molar-refractivity contribution in [3.05, 3.63) is 0 Å². The van der Waals surface area contributed by atoms with Crippen LogP contribution < -0.4 is 11.5 Å². The van der Waals surface area contributed by atoms with Crippen LogP contribution in [0.15, 0.2) is 0 Å². The van der Waals surface area contributed by atoms with Gasteiger partial charge in [-0.3, -0.25) is 11.5 Å². The number of nitrogens with two attached hydrogens (primary N) is 2. The van der Waals surface area contributed by atoms with Gasteiger partial charge < -0.3 is 14.2 Å². The molecule has 0 rings (SSSR count). The van der Waals surface area contributed by atoms with Crippen molar-refractivity contribution in [1.82, 2.24) is 0 Å². The molecule has 0 heterocycles. The maximum atomic E-state index is 6.09. The van der Waals surface area contributed by atoms with Gasteiger partial charge in [0.05, 0.1) is 0 Å². The van der Waals surface area contributed by atoms with Gasteiger partial charge in [0.1, 0.15) is 0 Å². The van der Waals surface area contributed by atoms with Gasteiger partial charge in [0.25, 0.3) is 5.91 Å². The van der Waals surface area contributed by atoms with Gasteiger partial charge in [0.15, 0.2) is 5.72 Å². The van der Waals surface area contributed by atoms with E-state index in [1.54, 1.807) is 0 Å². The minimum absolute atomic E-state index is 0.150. The fourth-order valence-corrected chi connectivity index (χ4v) is 2.03. The van der Waals surface area contributed by atoms with Gasteiger partial charge in [0, 0.05) is 31.6 Å². The predicted octanol–water partition coefficient (Wildman–Crippen LogP) is -1.24. The highest BCUT2D eigenvalue weighted by atomic mass is 28.1. The molecule has 6 heteroatoms. The SMILES string of the molecule is CCC([SiH3])C(N)(OC)C(N)(OC)OC. The van der Waals surface area contributed by atoms with Crippen LogP contribution in [0.1, 0.15) is 13.3 Å². The molecule has 2 atom stereocenters. The second-order valence-electron chi connectivity index (χ2n) is 3.38. The molecule has 0 saturated heterocycles. The van der Waals surface area contributed by atoms with Gasteiger partial charge >= 0.3 is 0 Å². The van der Waals surface area contributed by atoms with E-state index in [0.717, 1.165) is 16.7 Å². The Hall–Kier alpha value is 0.0169. The summed E-state index contributed by atoms with van der Waals surface area (Å²) >= 11 is 0. The zero-order valence-corrected chi connectivity index (χ0v) is 11.7. The maximum Gasteiger partial charge on any atom is 0.269 e. The molecule has 4 N–H and O–H groups in total. The summed E-state index contributed by atoms with van der Waals surface area (Å²) in [6, 6.07) is 0. The van der Waals surface area contributed by atoms with Crippen molar-refractivity contribution in [2.75, 3.05) is 21.3 Å². The molecule has 0 fully saturated rings. The molecule has 0 saturated carbocycles. The summed E-state index contributed by atoms with van der Waals surface area (Å²) in [6.07, 6.45) is 0.877. The first kappa shape index (κ1) is 14.0. The third kappa shape index (κ3) is 2.15. The predicted molar refractivity (Wildman–Crippen MR) is 58.8 cm³/mol. The van der Waals surface area contributed by atoms with Crippen molar-refractivity contribution >= 4 is 10.2 Å². The Balaban J connectivity index is 4.99. The van der Waals surface area contributed by atoms with E-state index in [9.17, 15) is 0 Å². The number of hydrogen-bond acceptors (Lipinski definition) is 5. The summed E-state index contributed by atoms with van der Waals surface area (Å²) in [5.41, 5.74) is 11.0. The monoisotopic (exact) mass is 222 g/mol. The van der Waals surface area contributed by atoms with Crippen LogP contribution in [0, 0.1) is 0 Å². The lowest BCUT2D eigenvalue weighted by atomic mass is 10.0. The Morgan fingerprint density at radius 2 is 1.57 bits per heavy atom. The topological polar surface area (TPSA) is 79.7 Å². The van der Waals surface area contributed by atoms with Gasteiger partial charge in [-0.05, 0) is 5.54 Å². The normalized spacial score (nSPS) is 19.3. The molecule has 0 aromatic rings. The lowest BCUT2D eigenvalue weighted by Crippen LogP contribution is -2.71. The number of ether oxygens (including phenoxy) is 3. The number of methoxy groups -OCH3 is 3. The van der Waals surface area contributed by atoms with Crippen LogP contribution in [0.3, 0.4) is 0 Å². The van der Waals surface area contributed by atoms with E-state index in [1.165, 1.54) is 21.3 Å². The van der Waals surface area contributed by atoms with Gasteiger partial charge in [-0.1, -0.05) is 13.3 Å². The molecular weight excluding hydrogens is 200 g/mol. The molecule has 86 valence electrons. The third-order valence-corrected chi connectivity index (χ3v) is 4.51. The first-order valence-electron chi connectivity index (χ1n) is 4.65. The van der Waals surface area contributed by atoms with E-state index in [0.29, 0.717) is 0 Å². The summed E-state index contributed by atoms with van der Waals surface area (Å²) in [7, 11) is 5.28. The molecule has 0 aliphatic carbocycles. The van der Waals surface area contributed by atoms with Gasteiger partial charge in [-0.2, -0.15) is 0 Å². The van der Waals surface area contributed by atoms with Crippen LogP contribution in [-0.4, -0.2) is 43.2 Å². The second-order valence-corrected chi connectivity index (χ2v) is 4.78. The summed E-state index contributed by atoms with van der Waals surface area (Å²) in [6.45, 7) is 2.03. The maximum absolute atomic E-state index is 6.09. The standard InChI is InChI=1S/C8H22N2O3Si/c1-5-6(14)7(9,11-2)8(10,12-3)13-4/h6H,5,9-10H2,1-4,14H3. The zero-order chi connectivity index (χ0) is 11.4. The summed E-state index contributed by atoms with van der Waals surface area (Å²) in [5.74, 6) is -1.40. The molecule has 0 spiro atoms. The smallest absolute Gasteiger partial charge is 0.269 e. The molecule has 0 aromatic carbocycles. The Labute approximate surface area is 88.5 Å². The molecule has 2 unspecified atom stereocenters. The first-order chi connectivity index (χ1) is 6.41. The Morgan fingerprint density at radius 1 is 1.14 bits per heavy atom. The molecule has 0 aliphatic heterocycles. The minimum atomic E-state index is -1.40. The van der Waals surface area contributed by atoms with E-state index in [1.807, 2.05) is 6.92 Å². The van der Waals surface area contributed by atoms with Crippen LogP contribution >= 0.6 is 0 Å². The van der Waals surface area contributed by atoms with Crippen LogP contribution in [0.2, 0.25) is 5.54 Å². The average molecular weight is 222 g/mol. The minimum Gasteiger partial charge on any atom is -0.357 e. The average Bonchev–Trinajstić information content (AvgIpc) is 2.25. The van der Waals surface area contributed by atoms with Crippen molar-refractivity contribution in [1.29, 1.82) is 0 Å². The summed E-state index contributed by atoms with van der Waals surface area (Å²) in [4.78, 5) is 0. The van der Waals surface area contributed by atoms with E-state index in [4.69, 9.17) is 25.7 Å². The fourth-order valence-electron chi connectivity index (χ4n) is 1.39. The fraction of sp³-hybridized carbons (Fsp3) is 1.00. The molecular formula is C8H22N2O3Si. The molecule has 0 amide bonds. The van der Waals surface area contributed by atoms with E-state index in [2.05, 4.69) is 0 Å². The van der Waals surface area contributed by atoms with Crippen molar-refractivity contribution in [2.24, 2.45) is 11.5 Å². The lowest BCUT2D eigenvalue weighted by Gasteiger charge is -2.45.